The van der Waals surface area contributed by atoms with Gasteiger partial charge in [0.15, 0.2) is 0 Å². The minimum absolute atomic E-state index is 0.151. The molecule has 0 aromatic heterocycles. The topological polar surface area (TPSA) is 49.3 Å². The van der Waals surface area contributed by atoms with Gasteiger partial charge in [-0.3, -0.25) is 4.79 Å². The Bertz CT molecular complexity index is 496. The summed E-state index contributed by atoms with van der Waals surface area (Å²) in [5.41, 5.74) is -0.826. The molecule has 0 fully saturated rings. The molecule has 0 aliphatic carbocycles. The number of unbranched alkanes of at least 4 members (excludes halogenated alkanes) is 3. The molecule has 0 bridgehead atoms. The Morgan fingerprint density at radius 3 is 2.08 bits per heavy atom. The van der Waals surface area contributed by atoms with E-state index in [1.165, 1.54) is 12.8 Å². The molecule has 146 valence electrons. The Kier molecular flexibility index (Phi) is 15.4. The predicted molar refractivity (Wildman–Crippen MR) is 113 cm³/mol. The SMILES string of the molecule is CCCCC=CC=CC=CC=CCCC=CC(=O)NCC(C)(O)CCC. The van der Waals surface area contributed by atoms with Crippen molar-refractivity contribution in [3.8, 4) is 0 Å². The van der Waals surface area contributed by atoms with E-state index in [4.69, 9.17) is 0 Å². The molecule has 0 saturated carbocycles. The van der Waals surface area contributed by atoms with Crippen LogP contribution < -0.4 is 5.32 Å². The van der Waals surface area contributed by atoms with E-state index in [1.807, 2.05) is 43.4 Å². The van der Waals surface area contributed by atoms with E-state index in [2.05, 4.69) is 30.5 Å². The standard InChI is InChI=1S/C23H37NO2/c1-4-6-7-8-9-10-11-12-13-14-15-16-17-18-19-22(25)24-21-23(3,26)20-5-2/h8-15,18-19,26H,4-7,16-17,20-21H2,1-3H3,(H,24,25). The number of rotatable bonds is 14. The lowest BCUT2D eigenvalue weighted by atomic mass is 10.0. The van der Waals surface area contributed by atoms with Crippen molar-refractivity contribution in [1.29, 1.82) is 0 Å². The summed E-state index contributed by atoms with van der Waals surface area (Å²) in [6.07, 6.45) is 26.8. The third-order valence-electron chi connectivity index (χ3n) is 3.75. The maximum atomic E-state index is 11.7. The van der Waals surface area contributed by atoms with E-state index < -0.39 is 5.60 Å². The minimum atomic E-state index is -0.826. The van der Waals surface area contributed by atoms with Gasteiger partial charge in [-0.1, -0.05) is 87.8 Å². The van der Waals surface area contributed by atoms with Gasteiger partial charge in [-0.05, 0) is 38.7 Å². The Morgan fingerprint density at radius 2 is 1.46 bits per heavy atom. The highest BCUT2D eigenvalue weighted by Gasteiger charge is 2.18. The van der Waals surface area contributed by atoms with Gasteiger partial charge in [0.05, 0.1) is 5.60 Å². The normalized spacial score (nSPS) is 15.1. The van der Waals surface area contributed by atoms with E-state index in [0.29, 0.717) is 6.42 Å². The summed E-state index contributed by atoms with van der Waals surface area (Å²) in [4.78, 5) is 11.7. The van der Waals surface area contributed by atoms with E-state index in [9.17, 15) is 9.90 Å². The van der Waals surface area contributed by atoms with Crippen molar-refractivity contribution >= 4 is 5.91 Å². The second-order valence-corrected chi connectivity index (χ2v) is 6.71. The lowest BCUT2D eigenvalue weighted by Gasteiger charge is -2.22. The zero-order chi connectivity index (χ0) is 19.5. The van der Waals surface area contributed by atoms with Crippen molar-refractivity contribution in [2.45, 2.75) is 71.3 Å². The first-order chi connectivity index (χ1) is 12.5. The lowest BCUT2D eigenvalue weighted by molar-refractivity contribution is -0.117. The molecule has 0 saturated heterocycles. The highest BCUT2D eigenvalue weighted by Crippen LogP contribution is 2.09. The summed E-state index contributed by atoms with van der Waals surface area (Å²) in [5, 5.41) is 12.7. The van der Waals surface area contributed by atoms with Crippen molar-refractivity contribution in [3.05, 3.63) is 60.8 Å². The minimum Gasteiger partial charge on any atom is -0.388 e. The van der Waals surface area contributed by atoms with Crippen LogP contribution in [0.1, 0.15) is 65.7 Å². The van der Waals surface area contributed by atoms with Crippen LogP contribution in [-0.2, 0) is 4.79 Å². The molecule has 1 unspecified atom stereocenters. The van der Waals surface area contributed by atoms with Crippen LogP contribution in [0.2, 0.25) is 0 Å². The maximum Gasteiger partial charge on any atom is 0.243 e. The quantitative estimate of drug-likeness (QED) is 0.248. The van der Waals surface area contributed by atoms with Gasteiger partial charge in [-0.2, -0.15) is 0 Å². The first-order valence-electron chi connectivity index (χ1n) is 9.83. The van der Waals surface area contributed by atoms with Gasteiger partial charge in [0.25, 0.3) is 0 Å². The molecule has 3 heteroatoms. The van der Waals surface area contributed by atoms with Crippen LogP contribution in [-0.4, -0.2) is 23.2 Å². The first-order valence-corrected chi connectivity index (χ1v) is 9.83. The number of carbonyl (C=O) groups excluding carboxylic acids is 1. The Hall–Kier alpha value is -1.87. The second kappa shape index (κ2) is 16.6. The maximum absolute atomic E-state index is 11.7. The summed E-state index contributed by atoms with van der Waals surface area (Å²) < 4.78 is 0. The summed E-state index contributed by atoms with van der Waals surface area (Å²) in [6, 6.07) is 0. The molecule has 0 aliphatic rings. The van der Waals surface area contributed by atoms with Gasteiger partial charge >= 0.3 is 0 Å². The van der Waals surface area contributed by atoms with E-state index in [0.717, 1.165) is 25.7 Å². The van der Waals surface area contributed by atoms with Gasteiger partial charge < -0.3 is 10.4 Å². The summed E-state index contributed by atoms with van der Waals surface area (Å²) in [6.45, 7) is 6.25. The van der Waals surface area contributed by atoms with Crippen molar-refractivity contribution in [1.82, 2.24) is 5.32 Å². The first kappa shape index (κ1) is 24.1. The monoisotopic (exact) mass is 359 g/mol. The zero-order valence-corrected chi connectivity index (χ0v) is 16.8. The Morgan fingerprint density at radius 1 is 0.885 bits per heavy atom. The average Bonchev–Trinajstić information content (AvgIpc) is 2.60. The molecular weight excluding hydrogens is 322 g/mol. The van der Waals surface area contributed by atoms with Gasteiger partial charge in [0.2, 0.25) is 5.91 Å². The number of aliphatic hydroxyl groups is 1. The summed E-state index contributed by atoms with van der Waals surface area (Å²) in [7, 11) is 0. The fourth-order valence-electron chi connectivity index (χ4n) is 2.27. The zero-order valence-electron chi connectivity index (χ0n) is 16.8. The Labute approximate surface area is 160 Å². The van der Waals surface area contributed by atoms with E-state index >= 15 is 0 Å². The Balaban J connectivity index is 3.80. The molecule has 0 radical (unpaired) electrons. The molecule has 26 heavy (non-hydrogen) atoms. The highest BCUT2D eigenvalue weighted by molar-refractivity contribution is 5.87. The predicted octanol–water partition coefficient (Wildman–Crippen LogP) is 5.41. The van der Waals surface area contributed by atoms with Crippen LogP contribution in [0, 0.1) is 0 Å². The number of amides is 1. The smallest absolute Gasteiger partial charge is 0.243 e. The molecule has 3 nitrogen and oxygen atoms in total. The van der Waals surface area contributed by atoms with E-state index in [1.54, 1.807) is 13.0 Å². The van der Waals surface area contributed by atoms with Crippen LogP contribution in [0.15, 0.2) is 60.8 Å². The third-order valence-corrected chi connectivity index (χ3v) is 3.75. The molecule has 1 amide bonds. The fraction of sp³-hybridized carbons (Fsp3) is 0.522. The van der Waals surface area contributed by atoms with Crippen LogP contribution in [0.5, 0.6) is 0 Å². The van der Waals surface area contributed by atoms with Crippen LogP contribution in [0.25, 0.3) is 0 Å². The fourth-order valence-corrected chi connectivity index (χ4v) is 2.27. The number of carbonyl (C=O) groups is 1. The van der Waals surface area contributed by atoms with Crippen molar-refractivity contribution in [2.24, 2.45) is 0 Å². The highest BCUT2D eigenvalue weighted by atomic mass is 16.3. The van der Waals surface area contributed by atoms with Gasteiger partial charge in [-0.25, -0.2) is 0 Å². The third kappa shape index (κ3) is 17.0. The molecule has 0 aromatic carbocycles. The molecule has 0 heterocycles. The molecular formula is C23H37NO2. The van der Waals surface area contributed by atoms with Crippen LogP contribution in [0.4, 0.5) is 0 Å². The van der Waals surface area contributed by atoms with E-state index in [-0.39, 0.29) is 12.5 Å². The molecule has 2 N–H and O–H groups in total. The van der Waals surface area contributed by atoms with Gasteiger partial charge in [-0.15, -0.1) is 0 Å². The molecule has 1 atom stereocenters. The number of hydrogen-bond acceptors (Lipinski definition) is 2. The van der Waals surface area contributed by atoms with Crippen molar-refractivity contribution in [2.75, 3.05) is 6.54 Å². The van der Waals surface area contributed by atoms with Gasteiger partial charge in [0.1, 0.15) is 0 Å². The molecule has 0 aromatic rings. The molecule has 0 spiro atoms. The van der Waals surface area contributed by atoms with Crippen LogP contribution >= 0.6 is 0 Å². The second-order valence-electron chi connectivity index (χ2n) is 6.71. The van der Waals surface area contributed by atoms with Crippen molar-refractivity contribution < 1.29 is 9.90 Å². The van der Waals surface area contributed by atoms with Crippen LogP contribution in [0.3, 0.4) is 0 Å². The summed E-state index contributed by atoms with van der Waals surface area (Å²) >= 11 is 0. The number of nitrogens with one attached hydrogen (secondary N) is 1. The average molecular weight is 360 g/mol. The number of hydrogen-bond donors (Lipinski definition) is 2. The lowest BCUT2D eigenvalue weighted by Crippen LogP contribution is -2.39. The summed E-state index contributed by atoms with van der Waals surface area (Å²) in [5.74, 6) is -0.151. The number of allylic oxidation sites excluding steroid dienone is 9. The molecule has 0 aliphatic heterocycles. The van der Waals surface area contributed by atoms with Gasteiger partial charge in [0, 0.05) is 6.54 Å². The van der Waals surface area contributed by atoms with Crippen molar-refractivity contribution in [3.63, 3.8) is 0 Å². The molecule has 0 rings (SSSR count). The largest absolute Gasteiger partial charge is 0.388 e.